The van der Waals surface area contributed by atoms with Crippen molar-refractivity contribution < 1.29 is 9.72 Å². The normalized spacial score (nSPS) is 11.0. The molecule has 1 N–H and O–H groups in total. The molecule has 0 aliphatic carbocycles. The van der Waals surface area contributed by atoms with Gasteiger partial charge in [0.1, 0.15) is 11.0 Å². The first-order valence-electron chi connectivity index (χ1n) is 10.9. The number of nitrogens with one attached hydrogen (secondary N) is 1. The Morgan fingerprint density at radius 1 is 1.06 bits per heavy atom. The van der Waals surface area contributed by atoms with Gasteiger partial charge in [-0.2, -0.15) is 4.80 Å². The van der Waals surface area contributed by atoms with Crippen LogP contribution >= 0.6 is 0 Å². The highest BCUT2D eigenvalue weighted by molar-refractivity contribution is 6.06. The molecule has 1 amide bonds. The van der Waals surface area contributed by atoms with Crippen molar-refractivity contribution in [2.45, 2.75) is 40.0 Å². The third-order valence-corrected chi connectivity index (χ3v) is 5.71. The van der Waals surface area contributed by atoms with E-state index in [-0.39, 0.29) is 11.3 Å². The van der Waals surface area contributed by atoms with Gasteiger partial charge in [-0.15, -0.1) is 10.2 Å². The smallest absolute Gasteiger partial charge is 0.273 e. The summed E-state index contributed by atoms with van der Waals surface area (Å²) < 4.78 is 0. The second kappa shape index (κ2) is 9.20. The first-order chi connectivity index (χ1) is 15.9. The predicted octanol–water partition coefficient (Wildman–Crippen LogP) is 5.54. The van der Waals surface area contributed by atoms with Crippen molar-refractivity contribution in [3.05, 3.63) is 87.0 Å². The van der Waals surface area contributed by atoms with E-state index >= 15 is 0 Å². The van der Waals surface area contributed by atoms with Gasteiger partial charge in [0, 0.05) is 22.9 Å². The van der Waals surface area contributed by atoms with Crippen LogP contribution in [0, 0.1) is 24.0 Å². The molecule has 8 nitrogen and oxygen atoms in total. The number of nitrogens with zero attached hydrogens (tertiary/aromatic N) is 4. The molecule has 0 saturated carbocycles. The Kier molecular flexibility index (Phi) is 6.17. The van der Waals surface area contributed by atoms with Crippen LogP contribution in [-0.4, -0.2) is 25.8 Å². The van der Waals surface area contributed by atoms with Gasteiger partial charge in [-0.05, 0) is 68.1 Å². The lowest BCUT2D eigenvalue weighted by Gasteiger charge is -2.10. The molecule has 4 aromatic rings. The van der Waals surface area contributed by atoms with Crippen molar-refractivity contribution in [3.8, 4) is 5.69 Å². The van der Waals surface area contributed by atoms with E-state index in [0.717, 1.165) is 30.5 Å². The number of carbonyl (C=O) groups is 1. The first-order valence-corrected chi connectivity index (χ1v) is 10.9. The Hall–Kier alpha value is -4.07. The lowest BCUT2D eigenvalue weighted by molar-refractivity contribution is -0.385. The van der Waals surface area contributed by atoms with E-state index in [4.69, 9.17) is 0 Å². The summed E-state index contributed by atoms with van der Waals surface area (Å²) in [7, 11) is 0. The van der Waals surface area contributed by atoms with Crippen LogP contribution < -0.4 is 5.32 Å². The van der Waals surface area contributed by atoms with Gasteiger partial charge in [0.05, 0.1) is 10.6 Å². The molecule has 0 saturated heterocycles. The summed E-state index contributed by atoms with van der Waals surface area (Å²) in [6, 6.07) is 16.3. The molecule has 4 rings (SSSR count). The zero-order valence-electron chi connectivity index (χ0n) is 18.8. The van der Waals surface area contributed by atoms with Gasteiger partial charge in [0.15, 0.2) is 0 Å². The van der Waals surface area contributed by atoms with Crippen LogP contribution in [0.3, 0.4) is 0 Å². The van der Waals surface area contributed by atoms with Gasteiger partial charge in [0.2, 0.25) is 0 Å². The third kappa shape index (κ3) is 4.59. The Labute approximate surface area is 191 Å². The lowest BCUT2D eigenvalue weighted by atomic mass is 10.1. The zero-order valence-corrected chi connectivity index (χ0v) is 18.8. The quantitative estimate of drug-likeness (QED) is 0.298. The topological polar surface area (TPSA) is 103 Å². The number of unbranched alkanes of at least 4 members (excludes halogenated alkanes) is 1. The number of aryl methyl sites for hydroxylation is 2. The maximum atomic E-state index is 12.9. The summed E-state index contributed by atoms with van der Waals surface area (Å²) in [4.78, 5) is 25.2. The van der Waals surface area contributed by atoms with Gasteiger partial charge >= 0.3 is 0 Å². The van der Waals surface area contributed by atoms with E-state index in [0.29, 0.717) is 22.3 Å². The second-order valence-corrected chi connectivity index (χ2v) is 8.08. The van der Waals surface area contributed by atoms with Crippen LogP contribution in [0.15, 0.2) is 54.6 Å². The number of anilines is 1. The minimum Gasteiger partial charge on any atom is -0.322 e. The van der Waals surface area contributed by atoms with Crippen molar-refractivity contribution in [2.24, 2.45) is 0 Å². The number of carbonyl (C=O) groups excluding carboxylic acids is 1. The molecular weight excluding hydrogens is 418 g/mol. The van der Waals surface area contributed by atoms with Crippen LogP contribution in [0.5, 0.6) is 0 Å². The molecule has 0 unspecified atom stereocenters. The fourth-order valence-electron chi connectivity index (χ4n) is 3.75. The van der Waals surface area contributed by atoms with Crippen molar-refractivity contribution in [1.29, 1.82) is 0 Å². The molecule has 1 aromatic heterocycles. The van der Waals surface area contributed by atoms with E-state index in [1.54, 1.807) is 23.9 Å². The largest absolute Gasteiger partial charge is 0.322 e. The molecule has 0 atom stereocenters. The molecule has 0 aliphatic rings. The number of hydrogen-bond acceptors (Lipinski definition) is 5. The molecule has 0 bridgehead atoms. The number of fused-ring (bicyclic) bond motifs is 1. The monoisotopic (exact) mass is 443 g/mol. The van der Waals surface area contributed by atoms with Crippen LogP contribution in [-0.2, 0) is 6.42 Å². The summed E-state index contributed by atoms with van der Waals surface area (Å²) in [6.07, 6.45) is 3.37. The van der Waals surface area contributed by atoms with E-state index in [2.05, 4.69) is 34.6 Å². The van der Waals surface area contributed by atoms with E-state index in [1.807, 2.05) is 25.1 Å². The fraction of sp³-hybridized carbons (Fsp3) is 0.240. The van der Waals surface area contributed by atoms with E-state index in [9.17, 15) is 14.9 Å². The summed E-state index contributed by atoms with van der Waals surface area (Å²) in [6.45, 7) is 5.62. The summed E-state index contributed by atoms with van der Waals surface area (Å²) in [5.41, 5.74) is 5.41. The van der Waals surface area contributed by atoms with E-state index < -0.39 is 10.8 Å². The highest BCUT2D eigenvalue weighted by atomic mass is 16.6. The first kappa shape index (κ1) is 22.1. The zero-order chi connectivity index (χ0) is 23.5. The number of nitro groups is 1. The van der Waals surface area contributed by atoms with Gasteiger partial charge in [-0.1, -0.05) is 31.5 Å². The SMILES string of the molecule is CCCCc1ccc(-n2nc3cc(C)c(NC(=O)c4cccc([N+](=O)[O-])c4C)cc3n2)cc1. The molecule has 168 valence electrons. The van der Waals surface area contributed by atoms with Crippen molar-refractivity contribution in [2.75, 3.05) is 5.32 Å². The highest BCUT2D eigenvalue weighted by Gasteiger charge is 2.19. The number of aromatic nitrogens is 3. The maximum Gasteiger partial charge on any atom is 0.273 e. The average Bonchev–Trinajstić information content (AvgIpc) is 3.20. The summed E-state index contributed by atoms with van der Waals surface area (Å²) in [5.74, 6) is -0.409. The number of rotatable bonds is 7. The Balaban J connectivity index is 1.60. The molecule has 0 fully saturated rings. The Bertz CT molecular complexity index is 1340. The lowest BCUT2D eigenvalue weighted by Crippen LogP contribution is -2.14. The number of amides is 1. The molecule has 3 aromatic carbocycles. The van der Waals surface area contributed by atoms with Gasteiger partial charge in [-0.3, -0.25) is 14.9 Å². The predicted molar refractivity (Wildman–Crippen MR) is 128 cm³/mol. The molecule has 0 aliphatic heterocycles. The minimum absolute atomic E-state index is 0.0847. The van der Waals surface area contributed by atoms with Crippen LogP contribution in [0.1, 0.15) is 46.8 Å². The average molecular weight is 444 g/mol. The Morgan fingerprint density at radius 2 is 1.76 bits per heavy atom. The standard InChI is InChI=1S/C25H25N5O3/c1-4-5-7-18-10-12-19(13-11-18)29-27-22-14-16(2)21(15-23(22)28-29)26-25(31)20-8-6-9-24(17(20)3)30(32)33/h6,8-15H,4-5,7H2,1-3H3,(H,26,31). The molecule has 1 heterocycles. The highest BCUT2D eigenvalue weighted by Crippen LogP contribution is 2.25. The fourth-order valence-corrected chi connectivity index (χ4v) is 3.75. The van der Waals surface area contributed by atoms with Gasteiger partial charge in [-0.25, -0.2) is 0 Å². The van der Waals surface area contributed by atoms with Crippen molar-refractivity contribution in [1.82, 2.24) is 15.0 Å². The van der Waals surface area contributed by atoms with Crippen molar-refractivity contribution in [3.63, 3.8) is 0 Å². The third-order valence-electron chi connectivity index (χ3n) is 5.71. The van der Waals surface area contributed by atoms with Crippen molar-refractivity contribution >= 4 is 28.3 Å². The van der Waals surface area contributed by atoms with Crippen LogP contribution in [0.25, 0.3) is 16.7 Å². The second-order valence-electron chi connectivity index (χ2n) is 8.08. The van der Waals surface area contributed by atoms with E-state index in [1.165, 1.54) is 17.7 Å². The summed E-state index contributed by atoms with van der Waals surface area (Å²) >= 11 is 0. The van der Waals surface area contributed by atoms with Gasteiger partial charge in [0.25, 0.3) is 11.6 Å². The molecule has 8 heteroatoms. The molecule has 0 spiro atoms. The van der Waals surface area contributed by atoms with Crippen LogP contribution in [0.4, 0.5) is 11.4 Å². The van der Waals surface area contributed by atoms with Crippen LogP contribution in [0.2, 0.25) is 0 Å². The molecule has 33 heavy (non-hydrogen) atoms. The molecular formula is C25H25N5O3. The number of hydrogen-bond donors (Lipinski definition) is 1. The molecule has 0 radical (unpaired) electrons. The number of benzene rings is 3. The van der Waals surface area contributed by atoms with Gasteiger partial charge < -0.3 is 5.32 Å². The summed E-state index contributed by atoms with van der Waals surface area (Å²) in [5, 5.41) is 23.2. The minimum atomic E-state index is -0.488. The number of nitro benzene ring substituents is 1. The maximum absolute atomic E-state index is 12.9. The Morgan fingerprint density at radius 3 is 2.42 bits per heavy atom.